The van der Waals surface area contributed by atoms with Crippen molar-refractivity contribution in [1.29, 1.82) is 0 Å². The second-order valence-electron chi connectivity index (χ2n) is 3.78. The van der Waals surface area contributed by atoms with Gasteiger partial charge in [0.2, 0.25) is 0 Å². The molecular weight excluding hydrogens is 277 g/mol. The topological polar surface area (TPSA) is 33.3 Å². The van der Waals surface area contributed by atoms with Crippen LogP contribution in [-0.2, 0) is 0 Å². The van der Waals surface area contributed by atoms with Gasteiger partial charge in [-0.05, 0) is 30.8 Å². The molecule has 0 aliphatic carbocycles. The van der Waals surface area contributed by atoms with E-state index in [4.69, 9.17) is 12.2 Å². The van der Waals surface area contributed by atoms with Crippen molar-refractivity contribution < 1.29 is 17.9 Å². The van der Waals surface area contributed by atoms with Crippen LogP contribution in [0.4, 0.5) is 18.9 Å². The van der Waals surface area contributed by atoms with Gasteiger partial charge < -0.3 is 15.4 Å². The standard InChI is InChI=1S/C12H15F3N2OS/c1-2-3-8-16-11(19)17-9-6-4-5-7-10(9)18-12(13,14)15/h4-7H,2-3,8H2,1H3,(H2,16,17,19). The first-order valence-electron chi connectivity index (χ1n) is 5.82. The summed E-state index contributed by atoms with van der Waals surface area (Å²) in [5.74, 6) is -0.311. The van der Waals surface area contributed by atoms with Gasteiger partial charge in [-0.3, -0.25) is 0 Å². The minimum atomic E-state index is -4.73. The molecule has 106 valence electrons. The van der Waals surface area contributed by atoms with Gasteiger partial charge in [0.1, 0.15) is 0 Å². The highest BCUT2D eigenvalue weighted by Gasteiger charge is 2.32. The Morgan fingerprint density at radius 1 is 1.32 bits per heavy atom. The van der Waals surface area contributed by atoms with Crippen LogP contribution >= 0.6 is 12.2 Å². The summed E-state index contributed by atoms with van der Waals surface area (Å²) in [7, 11) is 0. The molecule has 0 saturated heterocycles. The number of ether oxygens (including phenoxy) is 1. The van der Waals surface area contributed by atoms with Crippen molar-refractivity contribution in [2.75, 3.05) is 11.9 Å². The van der Waals surface area contributed by atoms with Crippen molar-refractivity contribution in [3.63, 3.8) is 0 Å². The molecule has 0 bridgehead atoms. The van der Waals surface area contributed by atoms with E-state index in [-0.39, 0.29) is 16.5 Å². The molecule has 0 aliphatic heterocycles. The van der Waals surface area contributed by atoms with Crippen molar-refractivity contribution in [1.82, 2.24) is 5.32 Å². The van der Waals surface area contributed by atoms with Crippen LogP contribution in [0.15, 0.2) is 24.3 Å². The van der Waals surface area contributed by atoms with Crippen LogP contribution in [0.25, 0.3) is 0 Å². The lowest BCUT2D eigenvalue weighted by molar-refractivity contribution is -0.274. The number of hydrogen-bond acceptors (Lipinski definition) is 2. The average molecular weight is 292 g/mol. The van der Waals surface area contributed by atoms with Crippen molar-refractivity contribution in [3.8, 4) is 5.75 Å². The molecule has 1 aromatic rings. The zero-order valence-corrected chi connectivity index (χ0v) is 11.2. The van der Waals surface area contributed by atoms with E-state index < -0.39 is 6.36 Å². The lowest BCUT2D eigenvalue weighted by Gasteiger charge is -2.15. The van der Waals surface area contributed by atoms with Crippen LogP contribution in [-0.4, -0.2) is 18.0 Å². The number of alkyl halides is 3. The summed E-state index contributed by atoms with van der Waals surface area (Å²) < 4.78 is 40.5. The Hall–Kier alpha value is -1.50. The van der Waals surface area contributed by atoms with Crippen LogP contribution < -0.4 is 15.4 Å². The first-order valence-corrected chi connectivity index (χ1v) is 6.23. The third-order valence-electron chi connectivity index (χ3n) is 2.18. The first kappa shape index (κ1) is 15.6. The second-order valence-corrected chi connectivity index (χ2v) is 4.19. The molecule has 19 heavy (non-hydrogen) atoms. The van der Waals surface area contributed by atoms with Crippen LogP contribution in [0.5, 0.6) is 5.75 Å². The quantitative estimate of drug-likeness (QED) is 0.641. The molecule has 0 spiro atoms. The number of rotatable bonds is 5. The predicted molar refractivity (Wildman–Crippen MR) is 72.3 cm³/mol. The molecule has 0 atom stereocenters. The average Bonchev–Trinajstić information content (AvgIpc) is 2.30. The van der Waals surface area contributed by atoms with Gasteiger partial charge in [-0.25, -0.2) is 0 Å². The third-order valence-corrected chi connectivity index (χ3v) is 2.42. The largest absolute Gasteiger partial charge is 0.573 e. The minimum absolute atomic E-state index is 0.175. The number of unbranched alkanes of at least 4 members (excludes halogenated alkanes) is 1. The fourth-order valence-corrected chi connectivity index (χ4v) is 1.54. The minimum Gasteiger partial charge on any atom is -0.404 e. The molecule has 3 nitrogen and oxygen atoms in total. The van der Waals surface area contributed by atoms with Gasteiger partial charge in [0.05, 0.1) is 5.69 Å². The molecule has 0 radical (unpaired) electrons. The molecule has 0 aromatic heterocycles. The maximum absolute atomic E-state index is 12.2. The molecular formula is C12H15F3N2OS. The van der Waals surface area contributed by atoms with Crippen molar-refractivity contribution in [3.05, 3.63) is 24.3 Å². The van der Waals surface area contributed by atoms with Gasteiger partial charge in [-0.1, -0.05) is 25.5 Å². The fraction of sp³-hybridized carbons (Fsp3) is 0.417. The van der Waals surface area contributed by atoms with E-state index in [1.165, 1.54) is 18.2 Å². The summed E-state index contributed by atoms with van der Waals surface area (Å²) in [6.07, 6.45) is -2.79. The maximum atomic E-state index is 12.2. The number of halogens is 3. The van der Waals surface area contributed by atoms with E-state index in [2.05, 4.69) is 15.4 Å². The summed E-state index contributed by atoms with van der Waals surface area (Å²) in [6.45, 7) is 2.70. The van der Waals surface area contributed by atoms with Crippen LogP contribution in [0.1, 0.15) is 19.8 Å². The van der Waals surface area contributed by atoms with E-state index in [0.717, 1.165) is 12.8 Å². The second kappa shape index (κ2) is 7.18. The van der Waals surface area contributed by atoms with E-state index in [9.17, 15) is 13.2 Å². The van der Waals surface area contributed by atoms with Crippen LogP contribution in [0.3, 0.4) is 0 Å². The number of benzene rings is 1. The Kier molecular flexibility index (Phi) is 5.88. The van der Waals surface area contributed by atoms with E-state index in [1.807, 2.05) is 6.92 Å². The lowest BCUT2D eigenvalue weighted by atomic mass is 10.3. The number of thiocarbonyl (C=S) groups is 1. The highest BCUT2D eigenvalue weighted by atomic mass is 32.1. The van der Waals surface area contributed by atoms with Gasteiger partial charge in [0.25, 0.3) is 0 Å². The van der Waals surface area contributed by atoms with Gasteiger partial charge >= 0.3 is 6.36 Å². The highest BCUT2D eigenvalue weighted by molar-refractivity contribution is 7.80. The molecule has 0 heterocycles. The summed E-state index contributed by atoms with van der Waals surface area (Å²) in [5, 5.41) is 5.86. The van der Waals surface area contributed by atoms with Gasteiger partial charge in [0.15, 0.2) is 10.9 Å². The van der Waals surface area contributed by atoms with Gasteiger partial charge in [-0.15, -0.1) is 13.2 Å². The van der Waals surface area contributed by atoms with Crippen molar-refractivity contribution in [2.45, 2.75) is 26.1 Å². The van der Waals surface area contributed by atoms with Crippen molar-refractivity contribution >= 4 is 23.0 Å². The summed E-state index contributed by atoms with van der Waals surface area (Å²) in [6, 6.07) is 5.75. The SMILES string of the molecule is CCCCNC(=S)Nc1ccccc1OC(F)(F)F. The molecule has 1 rings (SSSR count). The maximum Gasteiger partial charge on any atom is 0.573 e. The van der Waals surface area contributed by atoms with E-state index in [0.29, 0.717) is 6.54 Å². The molecule has 0 aliphatic rings. The third kappa shape index (κ3) is 6.28. The Balaban J connectivity index is 2.64. The molecule has 1 aromatic carbocycles. The smallest absolute Gasteiger partial charge is 0.404 e. The zero-order chi connectivity index (χ0) is 14.3. The Morgan fingerprint density at radius 2 is 2.00 bits per heavy atom. The van der Waals surface area contributed by atoms with E-state index in [1.54, 1.807) is 6.07 Å². The molecule has 7 heteroatoms. The number of hydrogen-bond donors (Lipinski definition) is 2. The number of nitrogens with one attached hydrogen (secondary N) is 2. The zero-order valence-electron chi connectivity index (χ0n) is 10.4. The lowest BCUT2D eigenvalue weighted by Crippen LogP contribution is -2.29. The van der Waals surface area contributed by atoms with Crippen molar-refractivity contribution in [2.24, 2.45) is 0 Å². The summed E-state index contributed by atoms with van der Waals surface area (Å²) >= 11 is 4.99. The highest BCUT2D eigenvalue weighted by Crippen LogP contribution is 2.29. The van der Waals surface area contributed by atoms with Crippen LogP contribution in [0.2, 0.25) is 0 Å². The van der Waals surface area contributed by atoms with Gasteiger partial charge in [0, 0.05) is 6.54 Å². The molecule has 0 unspecified atom stereocenters. The Labute approximate surface area is 115 Å². The number of para-hydroxylation sites is 2. The van der Waals surface area contributed by atoms with Gasteiger partial charge in [-0.2, -0.15) is 0 Å². The summed E-state index contributed by atoms with van der Waals surface area (Å²) in [5.41, 5.74) is 0.175. The molecule has 0 fully saturated rings. The number of anilines is 1. The Bertz CT molecular complexity index is 424. The molecule has 2 N–H and O–H groups in total. The summed E-state index contributed by atoms with van der Waals surface area (Å²) in [4.78, 5) is 0. The Morgan fingerprint density at radius 3 is 2.63 bits per heavy atom. The molecule has 0 saturated carbocycles. The predicted octanol–water partition coefficient (Wildman–Crippen LogP) is 3.67. The van der Waals surface area contributed by atoms with E-state index >= 15 is 0 Å². The monoisotopic (exact) mass is 292 g/mol. The fourth-order valence-electron chi connectivity index (χ4n) is 1.33. The normalized spacial score (nSPS) is 10.9. The van der Waals surface area contributed by atoms with Crippen LogP contribution in [0, 0.1) is 0 Å². The first-order chi connectivity index (χ1) is 8.92. The molecule has 0 amide bonds.